The molecule has 1 aromatic carbocycles. The molecule has 5 nitrogen and oxygen atoms in total. The summed E-state index contributed by atoms with van der Waals surface area (Å²) >= 11 is 1.52. The lowest BCUT2D eigenvalue weighted by Crippen LogP contribution is -2.32. The van der Waals surface area contributed by atoms with Gasteiger partial charge in [-0.15, -0.1) is 11.3 Å². The molecule has 3 heterocycles. The molecule has 1 amide bonds. The minimum Gasteiger partial charge on any atom is -0.290 e. The SMILES string of the molecule is Cc1ccc(N(Cc2cscn2)C(=O)Cc2cncc3ccccc23)nc1. The number of carbonyl (C=O) groups is 1. The fourth-order valence-electron chi connectivity index (χ4n) is 2.97. The third-order valence-electron chi connectivity index (χ3n) is 4.37. The number of anilines is 1. The van der Waals surface area contributed by atoms with Gasteiger partial charge in [0.2, 0.25) is 5.91 Å². The second-order valence-electron chi connectivity index (χ2n) is 6.35. The van der Waals surface area contributed by atoms with E-state index in [1.165, 1.54) is 11.3 Å². The van der Waals surface area contributed by atoms with Crippen LogP contribution < -0.4 is 4.90 Å². The molecule has 4 rings (SSSR count). The third kappa shape index (κ3) is 3.85. The average molecular weight is 374 g/mol. The maximum atomic E-state index is 13.2. The number of rotatable bonds is 5. The Balaban J connectivity index is 1.66. The molecule has 0 atom stereocenters. The quantitative estimate of drug-likeness (QED) is 0.526. The Kier molecular flexibility index (Phi) is 4.89. The molecule has 3 aromatic heterocycles. The van der Waals surface area contributed by atoms with Crippen molar-refractivity contribution < 1.29 is 4.79 Å². The van der Waals surface area contributed by atoms with Crippen molar-refractivity contribution >= 4 is 33.8 Å². The average Bonchev–Trinajstić information content (AvgIpc) is 3.20. The Labute approximate surface area is 161 Å². The van der Waals surface area contributed by atoms with E-state index in [4.69, 9.17) is 0 Å². The number of benzene rings is 1. The van der Waals surface area contributed by atoms with Crippen LogP contribution in [0.1, 0.15) is 16.8 Å². The van der Waals surface area contributed by atoms with Crippen molar-refractivity contribution in [1.29, 1.82) is 0 Å². The summed E-state index contributed by atoms with van der Waals surface area (Å²) in [7, 11) is 0. The zero-order chi connectivity index (χ0) is 18.6. The largest absolute Gasteiger partial charge is 0.290 e. The molecule has 0 saturated carbocycles. The number of pyridine rings is 2. The van der Waals surface area contributed by atoms with Crippen molar-refractivity contribution in [2.45, 2.75) is 19.9 Å². The number of aryl methyl sites for hydroxylation is 1. The predicted molar refractivity (Wildman–Crippen MR) is 108 cm³/mol. The van der Waals surface area contributed by atoms with Crippen LogP contribution in [0.25, 0.3) is 10.8 Å². The lowest BCUT2D eigenvalue weighted by molar-refractivity contribution is -0.118. The van der Waals surface area contributed by atoms with Gasteiger partial charge >= 0.3 is 0 Å². The second kappa shape index (κ2) is 7.63. The lowest BCUT2D eigenvalue weighted by atomic mass is 10.0. The Morgan fingerprint density at radius 3 is 2.74 bits per heavy atom. The minimum absolute atomic E-state index is 0.0301. The number of hydrogen-bond donors (Lipinski definition) is 0. The zero-order valence-electron chi connectivity index (χ0n) is 14.9. The van der Waals surface area contributed by atoms with Crippen LogP contribution >= 0.6 is 11.3 Å². The van der Waals surface area contributed by atoms with E-state index in [-0.39, 0.29) is 12.3 Å². The summed E-state index contributed by atoms with van der Waals surface area (Å²) in [4.78, 5) is 28.0. The number of nitrogens with zero attached hydrogens (tertiary/aromatic N) is 4. The normalized spacial score (nSPS) is 10.9. The van der Waals surface area contributed by atoms with Crippen molar-refractivity contribution in [2.24, 2.45) is 0 Å². The van der Waals surface area contributed by atoms with Gasteiger partial charge < -0.3 is 0 Å². The summed E-state index contributed by atoms with van der Waals surface area (Å²) in [6.07, 6.45) is 5.62. The fourth-order valence-corrected chi connectivity index (χ4v) is 3.52. The third-order valence-corrected chi connectivity index (χ3v) is 5.00. The Bertz CT molecular complexity index is 1060. The first-order valence-electron chi connectivity index (χ1n) is 8.62. The molecule has 0 saturated heterocycles. The van der Waals surface area contributed by atoms with Gasteiger partial charge in [-0.1, -0.05) is 30.3 Å². The van der Waals surface area contributed by atoms with Gasteiger partial charge in [0.05, 0.1) is 24.2 Å². The maximum Gasteiger partial charge on any atom is 0.233 e. The topological polar surface area (TPSA) is 59.0 Å². The van der Waals surface area contributed by atoms with Crippen molar-refractivity contribution in [3.8, 4) is 0 Å². The Morgan fingerprint density at radius 1 is 1.07 bits per heavy atom. The predicted octanol–water partition coefficient (Wildman–Crippen LogP) is 4.17. The highest BCUT2D eigenvalue weighted by Gasteiger charge is 2.19. The smallest absolute Gasteiger partial charge is 0.233 e. The summed E-state index contributed by atoms with van der Waals surface area (Å²) in [5.74, 6) is 0.601. The summed E-state index contributed by atoms with van der Waals surface area (Å²) in [6.45, 7) is 2.38. The van der Waals surface area contributed by atoms with Gasteiger partial charge in [0.1, 0.15) is 5.82 Å². The van der Waals surface area contributed by atoms with Gasteiger partial charge in [-0.2, -0.15) is 0 Å². The van der Waals surface area contributed by atoms with Crippen molar-refractivity contribution in [2.75, 3.05) is 4.90 Å². The fraction of sp³-hybridized carbons (Fsp3) is 0.143. The molecule has 134 valence electrons. The molecule has 6 heteroatoms. The van der Waals surface area contributed by atoms with Gasteiger partial charge in [0, 0.05) is 29.4 Å². The highest BCUT2D eigenvalue weighted by atomic mass is 32.1. The number of hydrogen-bond acceptors (Lipinski definition) is 5. The highest BCUT2D eigenvalue weighted by molar-refractivity contribution is 7.07. The van der Waals surface area contributed by atoms with E-state index in [2.05, 4.69) is 15.0 Å². The van der Waals surface area contributed by atoms with Crippen LogP contribution in [0, 0.1) is 6.92 Å². The first-order chi connectivity index (χ1) is 13.2. The van der Waals surface area contributed by atoms with Crippen LogP contribution in [-0.4, -0.2) is 20.9 Å². The molecule has 0 N–H and O–H groups in total. The number of aromatic nitrogens is 3. The Hall–Kier alpha value is -3.12. The van der Waals surface area contributed by atoms with E-state index in [1.54, 1.807) is 22.8 Å². The van der Waals surface area contributed by atoms with E-state index in [9.17, 15) is 4.79 Å². The van der Waals surface area contributed by atoms with Gasteiger partial charge in [-0.05, 0) is 29.5 Å². The lowest BCUT2D eigenvalue weighted by Gasteiger charge is -2.21. The Morgan fingerprint density at radius 2 is 1.96 bits per heavy atom. The van der Waals surface area contributed by atoms with Crippen LogP contribution in [-0.2, 0) is 17.8 Å². The molecule has 4 aromatic rings. The monoisotopic (exact) mass is 374 g/mol. The standard InChI is InChI=1S/C21H18N4OS/c1-15-6-7-20(23-9-15)25(12-18-13-27-14-24-18)21(26)8-17-11-22-10-16-4-2-3-5-19(16)17/h2-7,9-11,13-14H,8,12H2,1H3. The van der Waals surface area contributed by atoms with Gasteiger partial charge in [-0.3, -0.25) is 14.7 Å². The molecule has 0 aliphatic carbocycles. The zero-order valence-corrected chi connectivity index (χ0v) is 15.7. The van der Waals surface area contributed by atoms with Crippen molar-refractivity contribution in [1.82, 2.24) is 15.0 Å². The summed E-state index contributed by atoms with van der Waals surface area (Å²) in [5.41, 5.74) is 4.59. The molecule has 0 aliphatic rings. The van der Waals surface area contributed by atoms with Gasteiger partial charge in [0.15, 0.2) is 0 Å². The number of amides is 1. The first-order valence-corrected chi connectivity index (χ1v) is 9.57. The van der Waals surface area contributed by atoms with Crippen molar-refractivity contribution in [3.63, 3.8) is 0 Å². The second-order valence-corrected chi connectivity index (χ2v) is 7.07. The first kappa shape index (κ1) is 17.3. The van der Waals surface area contributed by atoms with Gasteiger partial charge in [0.25, 0.3) is 0 Å². The molecule has 0 unspecified atom stereocenters. The minimum atomic E-state index is -0.0301. The van der Waals surface area contributed by atoms with Crippen LogP contribution in [0.3, 0.4) is 0 Å². The number of carbonyl (C=O) groups excluding carboxylic acids is 1. The number of thiazole rings is 1. The van der Waals surface area contributed by atoms with Crippen molar-refractivity contribution in [3.05, 3.63) is 82.7 Å². The van der Waals surface area contributed by atoms with E-state index in [0.29, 0.717) is 12.4 Å². The maximum absolute atomic E-state index is 13.2. The van der Waals surface area contributed by atoms with Crippen LogP contribution in [0.2, 0.25) is 0 Å². The summed E-state index contributed by atoms with van der Waals surface area (Å²) < 4.78 is 0. The number of fused-ring (bicyclic) bond motifs is 1. The molecule has 0 bridgehead atoms. The molecule has 0 fully saturated rings. The van der Waals surface area contributed by atoms with E-state index >= 15 is 0 Å². The molecule has 0 radical (unpaired) electrons. The van der Waals surface area contributed by atoms with E-state index in [0.717, 1.165) is 27.6 Å². The molecule has 27 heavy (non-hydrogen) atoms. The van der Waals surface area contributed by atoms with E-state index < -0.39 is 0 Å². The highest BCUT2D eigenvalue weighted by Crippen LogP contribution is 2.21. The molecular weight excluding hydrogens is 356 g/mol. The van der Waals surface area contributed by atoms with Crippen LogP contribution in [0.5, 0.6) is 0 Å². The summed E-state index contributed by atoms with van der Waals surface area (Å²) in [5, 5.41) is 4.03. The van der Waals surface area contributed by atoms with E-state index in [1.807, 2.05) is 54.9 Å². The molecule has 0 aliphatic heterocycles. The molecule has 0 spiro atoms. The van der Waals surface area contributed by atoms with Gasteiger partial charge in [-0.25, -0.2) is 9.97 Å². The van der Waals surface area contributed by atoms with Crippen LogP contribution in [0.15, 0.2) is 65.9 Å². The van der Waals surface area contributed by atoms with Crippen LogP contribution in [0.4, 0.5) is 5.82 Å². The summed E-state index contributed by atoms with van der Waals surface area (Å²) in [6, 6.07) is 11.8. The molecular formula is C21H18N4OS.